The Morgan fingerprint density at radius 3 is 2.59 bits per heavy atom. The maximum atomic E-state index is 13.9. The summed E-state index contributed by atoms with van der Waals surface area (Å²) in [4.78, 5) is 11.0. The summed E-state index contributed by atoms with van der Waals surface area (Å²) < 4.78 is 46.8. The molecule has 1 aliphatic rings. The van der Waals surface area contributed by atoms with Gasteiger partial charge in [0.15, 0.2) is 0 Å². The maximum Gasteiger partial charge on any atom is 0.244 e. The van der Waals surface area contributed by atoms with Crippen LogP contribution in [0.1, 0.15) is 5.56 Å². The fourth-order valence-electron chi connectivity index (χ4n) is 3.31. The molecule has 0 unspecified atom stereocenters. The summed E-state index contributed by atoms with van der Waals surface area (Å²) in [5.41, 5.74) is 4.34. The molecular weight excluding hydrogens is 482 g/mol. The zero-order valence-corrected chi connectivity index (χ0v) is 19.0. The quantitative estimate of drug-likeness (QED) is 0.543. The van der Waals surface area contributed by atoms with E-state index in [-0.39, 0.29) is 54.0 Å². The molecule has 3 N–H and O–H groups in total. The largest absolute Gasteiger partial charge is 0.493 e. The number of nitrogens with two attached hydrogens (primary N) is 1. The van der Waals surface area contributed by atoms with Crippen LogP contribution in [-0.4, -0.2) is 51.4 Å². The van der Waals surface area contributed by atoms with Crippen molar-refractivity contribution >= 4 is 39.1 Å². The van der Waals surface area contributed by atoms with Crippen LogP contribution < -0.4 is 15.8 Å². The molecule has 32 heavy (non-hydrogen) atoms. The molecule has 0 aliphatic carbocycles. The highest BCUT2D eigenvalue weighted by atomic mass is 35.5. The number of carbonyl (C=O) groups is 1. The van der Waals surface area contributed by atoms with E-state index in [2.05, 4.69) is 5.32 Å². The van der Waals surface area contributed by atoms with E-state index in [0.29, 0.717) is 5.02 Å². The molecular formula is C20H19Cl2FN4O4S. The van der Waals surface area contributed by atoms with Gasteiger partial charge in [-0.2, -0.15) is 9.57 Å². The molecule has 8 nitrogen and oxygen atoms in total. The Balaban J connectivity index is 1.75. The van der Waals surface area contributed by atoms with Gasteiger partial charge in [0.25, 0.3) is 0 Å². The number of sulfonamides is 1. The monoisotopic (exact) mass is 500 g/mol. The van der Waals surface area contributed by atoms with Crippen molar-refractivity contribution in [3.05, 3.63) is 57.8 Å². The maximum absolute atomic E-state index is 13.9. The van der Waals surface area contributed by atoms with Crippen molar-refractivity contribution in [2.45, 2.75) is 4.90 Å². The van der Waals surface area contributed by atoms with Crippen molar-refractivity contribution in [3.63, 3.8) is 0 Å². The van der Waals surface area contributed by atoms with Crippen LogP contribution in [0.2, 0.25) is 10.0 Å². The molecule has 1 fully saturated rings. The van der Waals surface area contributed by atoms with Gasteiger partial charge >= 0.3 is 0 Å². The van der Waals surface area contributed by atoms with Gasteiger partial charge in [0.1, 0.15) is 22.5 Å². The van der Waals surface area contributed by atoms with E-state index >= 15 is 0 Å². The van der Waals surface area contributed by atoms with E-state index in [1.54, 1.807) is 6.07 Å². The summed E-state index contributed by atoms with van der Waals surface area (Å²) in [7, 11) is -3.89. The van der Waals surface area contributed by atoms with Gasteiger partial charge in [0.2, 0.25) is 15.9 Å². The lowest BCUT2D eigenvalue weighted by Crippen LogP contribution is -2.64. The number of benzene rings is 2. The van der Waals surface area contributed by atoms with Crippen LogP contribution in [0.4, 0.5) is 4.39 Å². The second kappa shape index (κ2) is 9.60. The standard InChI is InChI=1S/C20H19Cl2FN4O4S/c21-14-2-4-18(16(22)5-14)32(29,30)27-10-20(11-27,9-26-8-19(25)28)12-31-15-3-1-13(7-24)17(23)6-15/h1-6,26H,8-12H2,(H2,25,28). The van der Waals surface area contributed by atoms with Gasteiger partial charge in [0, 0.05) is 36.1 Å². The molecule has 2 aromatic carbocycles. The Kier molecular flexibility index (Phi) is 7.27. The molecule has 0 bridgehead atoms. The van der Waals surface area contributed by atoms with Crippen LogP contribution in [0, 0.1) is 22.6 Å². The number of primary amides is 1. The van der Waals surface area contributed by atoms with Gasteiger partial charge in [-0.05, 0) is 30.3 Å². The predicted octanol–water partition coefficient (Wildman–Crippen LogP) is 2.15. The smallest absolute Gasteiger partial charge is 0.244 e. The lowest BCUT2D eigenvalue weighted by atomic mass is 9.82. The summed E-state index contributed by atoms with van der Waals surface area (Å²) >= 11 is 11.9. The van der Waals surface area contributed by atoms with E-state index in [1.165, 1.54) is 34.6 Å². The lowest BCUT2D eigenvalue weighted by Gasteiger charge is -2.48. The van der Waals surface area contributed by atoms with Crippen LogP contribution in [0.25, 0.3) is 0 Å². The van der Waals surface area contributed by atoms with E-state index in [1.807, 2.05) is 0 Å². The Labute approximate surface area is 194 Å². The van der Waals surface area contributed by atoms with E-state index in [0.717, 1.165) is 6.07 Å². The molecule has 1 heterocycles. The molecule has 0 atom stereocenters. The lowest BCUT2D eigenvalue weighted by molar-refractivity contribution is -0.117. The Morgan fingerprint density at radius 1 is 1.28 bits per heavy atom. The topological polar surface area (TPSA) is 126 Å². The van der Waals surface area contributed by atoms with E-state index in [9.17, 15) is 17.6 Å². The first kappa shape index (κ1) is 24.2. The Morgan fingerprint density at radius 2 is 2.00 bits per heavy atom. The van der Waals surface area contributed by atoms with E-state index < -0.39 is 27.2 Å². The first-order valence-electron chi connectivity index (χ1n) is 9.33. The number of halogens is 3. The van der Waals surface area contributed by atoms with Crippen LogP contribution in [0.5, 0.6) is 5.75 Å². The number of nitrogens with zero attached hydrogens (tertiary/aromatic N) is 2. The van der Waals surface area contributed by atoms with Crippen molar-refractivity contribution in [2.24, 2.45) is 11.1 Å². The molecule has 0 saturated carbocycles. The minimum atomic E-state index is -3.89. The second-order valence-corrected chi connectivity index (χ2v) is 10.2. The summed E-state index contributed by atoms with van der Waals surface area (Å²) in [6, 6.07) is 9.67. The van der Waals surface area contributed by atoms with Crippen LogP contribution in [0.15, 0.2) is 41.3 Å². The highest BCUT2D eigenvalue weighted by molar-refractivity contribution is 7.89. The molecule has 1 aliphatic heterocycles. The zero-order valence-electron chi connectivity index (χ0n) is 16.6. The Bertz CT molecular complexity index is 1180. The van der Waals surface area contributed by atoms with Gasteiger partial charge < -0.3 is 15.8 Å². The molecule has 0 radical (unpaired) electrons. The van der Waals surface area contributed by atoms with E-state index in [4.69, 9.17) is 38.9 Å². The summed E-state index contributed by atoms with van der Waals surface area (Å²) in [6.07, 6.45) is 0. The highest BCUT2D eigenvalue weighted by Gasteiger charge is 2.49. The number of nitrogens with one attached hydrogen (secondary N) is 1. The second-order valence-electron chi connectivity index (χ2n) is 7.46. The van der Waals surface area contributed by atoms with Crippen molar-refractivity contribution in [1.29, 1.82) is 5.26 Å². The third-order valence-corrected chi connectivity index (χ3v) is 7.45. The number of hydrogen-bond acceptors (Lipinski definition) is 6. The van der Waals surface area contributed by atoms with Crippen molar-refractivity contribution in [2.75, 3.05) is 32.8 Å². The highest BCUT2D eigenvalue weighted by Crippen LogP contribution is 2.37. The van der Waals surface area contributed by atoms with Gasteiger partial charge in [-0.25, -0.2) is 12.8 Å². The first-order chi connectivity index (χ1) is 15.1. The zero-order chi connectivity index (χ0) is 23.5. The van der Waals surface area contributed by atoms with Gasteiger partial charge in [-0.1, -0.05) is 23.2 Å². The summed E-state index contributed by atoms with van der Waals surface area (Å²) in [5, 5.41) is 12.0. The number of hydrogen-bond donors (Lipinski definition) is 2. The van der Waals surface area contributed by atoms with Gasteiger partial charge in [0.05, 0.1) is 23.7 Å². The number of amides is 1. The SMILES string of the molecule is N#Cc1ccc(OCC2(CNCC(N)=O)CN(S(=O)(=O)c3ccc(Cl)cc3Cl)C2)cc1F. The molecule has 1 saturated heterocycles. The average molecular weight is 501 g/mol. The average Bonchev–Trinajstić information content (AvgIpc) is 2.68. The molecule has 1 amide bonds. The molecule has 12 heteroatoms. The molecule has 2 aromatic rings. The molecule has 0 spiro atoms. The molecule has 0 aromatic heterocycles. The predicted molar refractivity (Wildman–Crippen MR) is 116 cm³/mol. The van der Waals surface area contributed by atoms with Crippen LogP contribution >= 0.6 is 23.2 Å². The summed E-state index contributed by atoms with van der Waals surface area (Å²) in [5.74, 6) is -1.09. The number of nitriles is 1. The Hall–Kier alpha value is -2.42. The normalized spacial score (nSPS) is 15.6. The fraction of sp³-hybridized carbons (Fsp3) is 0.300. The fourth-order valence-corrected chi connectivity index (χ4v) is 5.73. The van der Waals surface area contributed by atoms with Gasteiger partial charge in [-0.3, -0.25) is 4.79 Å². The number of carbonyl (C=O) groups excluding carboxylic acids is 1. The number of rotatable bonds is 9. The van der Waals surface area contributed by atoms with Crippen molar-refractivity contribution in [1.82, 2.24) is 9.62 Å². The number of ether oxygens (including phenoxy) is 1. The van der Waals surface area contributed by atoms with Crippen molar-refractivity contribution < 1.29 is 22.3 Å². The third kappa shape index (κ3) is 5.31. The third-order valence-electron chi connectivity index (χ3n) is 4.94. The summed E-state index contributed by atoms with van der Waals surface area (Å²) in [6.45, 7) is 0.306. The minimum absolute atomic E-state index is 0.00570. The van der Waals surface area contributed by atoms with Gasteiger partial charge in [-0.15, -0.1) is 0 Å². The van der Waals surface area contributed by atoms with Crippen LogP contribution in [0.3, 0.4) is 0 Å². The first-order valence-corrected chi connectivity index (χ1v) is 11.5. The van der Waals surface area contributed by atoms with Crippen molar-refractivity contribution in [3.8, 4) is 11.8 Å². The molecule has 170 valence electrons. The minimum Gasteiger partial charge on any atom is -0.493 e. The molecule has 3 rings (SSSR count). The van der Waals surface area contributed by atoms with Crippen LogP contribution in [-0.2, 0) is 14.8 Å².